The van der Waals surface area contributed by atoms with Gasteiger partial charge in [-0.3, -0.25) is 9.59 Å². The summed E-state index contributed by atoms with van der Waals surface area (Å²) in [6.07, 6.45) is -12.4. The molecule has 9 unspecified atom stereocenters. The molecule has 9 atom stereocenters. The fourth-order valence-electron chi connectivity index (χ4n) is 3.53. The third-order valence-electron chi connectivity index (χ3n) is 5.83. The van der Waals surface area contributed by atoms with E-state index in [4.69, 9.17) is 5.11 Å². The van der Waals surface area contributed by atoms with Crippen molar-refractivity contribution < 1.29 is 55.5 Å². The van der Waals surface area contributed by atoms with E-state index in [0.717, 1.165) is 0 Å². The van der Waals surface area contributed by atoms with Crippen molar-refractivity contribution in [3.05, 3.63) is 0 Å². The second-order valence-electron chi connectivity index (χ2n) is 10.4. The molecule has 0 aliphatic rings. The van der Waals surface area contributed by atoms with Gasteiger partial charge >= 0.3 is 0 Å². The van der Waals surface area contributed by atoms with Crippen molar-refractivity contribution in [1.29, 1.82) is 0 Å². The summed E-state index contributed by atoms with van der Waals surface area (Å²) in [5.41, 5.74) is -0.297. The molecule has 0 aliphatic carbocycles. The Hall–Kier alpha value is -1.42. The van der Waals surface area contributed by atoms with E-state index in [9.17, 15) is 50.4 Å². The van der Waals surface area contributed by atoms with E-state index in [0.29, 0.717) is 6.42 Å². The molecule has 0 aliphatic heterocycles. The van der Waals surface area contributed by atoms with E-state index < -0.39 is 79.7 Å². The number of hydrogen-bond donors (Lipinski definition) is 11. The van der Waals surface area contributed by atoms with E-state index in [2.05, 4.69) is 10.6 Å². The summed E-state index contributed by atoms with van der Waals surface area (Å²) >= 11 is 0. The van der Waals surface area contributed by atoms with Gasteiger partial charge in [-0.1, -0.05) is 27.7 Å². The van der Waals surface area contributed by atoms with Crippen LogP contribution in [-0.4, -0.2) is 126 Å². The summed E-state index contributed by atoms with van der Waals surface area (Å²) in [5, 5.41) is 91.9. The van der Waals surface area contributed by atoms with Crippen LogP contribution in [0.25, 0.3) is 0 Å². The molecule has 0 saturated heterocycles. The molecule has 13 heteroatoms. The van der Waals surface area contributed by atoms with E-state index >= 15 is 0 Å². The van der Waals surface area contributed by atoms with Crippen LogP contribution in [-0.2, 0) is 9.59 Å². The van der Waals surface area contributed by atoms with E-state index in [1.54, 1.807) is 6.92 Å². The first-order valence-electron chi connectivity index (χ1n) is 12.1. The number of amides is 2. The minimum atomic E-state index is -1.82. The highest BCUT2D eigenvalue weighted by atomic mass is 16.4. The molecule has 0 aromatic rings. The zero-order valence-electron chi connectivity index (χ0n) is 21.5. The van der Waals surface area contributed by atoms with E-state index in [1.165, 1.54) is 0 Å². The molecule has 0 heterocycles. The van der Waals surface area contributed by atoms with Gasteiger partial charge in [-0.25, -0.2) is 0 Å². The molecule has 0 rings (SSSR count). The van der Waals surface area contributed by atoms with Gasteiger partial charge in [-0.15, -0.1) is 0 Å². The van der Waals surface area contributed by atoms with Gasteiger partial charge < -0.3 is 56.6 Å². The summed E-state index contributed by atoms with van der Waals surface area (Å²) < 4.78 is 0. The second kappa shape index (κ2) is 16.4. The van der Waals surface area contributed by atoms with Crippen LogP contribution in [0.2, 0.25) is 0 Å². The first-order chi connectivity index (χ1) is 16.5. The van der Waals surface area contributed by atoms with Gasteiger partial charge in [0.15, 0.2) is 0 Å². The Bertz CT molecular complexity index is 646. The Balaban J connectivity index is 4.88. The first kappa shape index (κ1) is 34.6. The molecule has 0 aromatic carbocycles. The third-order valence-corrected chi connectivity index (χ3v) is 5.83. The van der Waals surface area contributed by atoms with Crippen molar-refractivity contribution in [2.45, 2.75) is 102 Å². The maximum Gasteiger partial charge on any atom is 0.223 e. The molecule has 0 fully saturated rings. The van der Waals surface area contributed by atoms with Crippen LogP contribution in [0.4, 0.5) is 0 Å². The predicted octanol–water partition coefficient (Wildman–Crippen LogP) is -3.66. The van der Waals surface area contributed by atoms with Crippen LogP contribution < -0.4 is 10.6 Å². The fourth-order valence-corrected chi connectivity index (χ4v) is 3.53. The molecule has 214 valence electrons. The Kier molecular flexibility index (Phi) is 15.8. The van der Waals surface area contributed by atoms with Crippen LogP contribution >= 0.6 is 0 Å². The quantitative estimate of drug-likeness (QED) is 0.0882. The van der Waals surface area contributed by atoms with Gasteiger partial charge in [-0.05, 0) is 24.7 Å². The topological polar surface area (TPSA) is 240 Å². The summed E-state index contributed by atoms with van der Waals surface area (Å²) in [6.45, 7) is 5.62. The van der Waals surface area contributed by atoms with Crippen molar-refractivity contribution in [3.63, 3.8) is 0 Å². The average Bonchev–Trinajstić information content (AvgIpc) is 2.84. The molecular weight excluding hydrogens is 480 g/mol. The zero-order valence-corrected chi connectivity index (χ0v) is 21.5. The molecule has 0 radical (unpaired) electrons. The smallest absolute Gasteiger partial charge is 0.223 e. The van der Waals surface area contributed by atoms with Gasteiger partial charge in [0.25, 0.3) is 0 Å². The Labute approximate surface area is 211 Å². The maximum absolute atomic E-state index is 12.7. The van der Waals surface area contributed by atoms with Gasteiger partial charge in [0.05, 0.1) is 24.9 Å². The minimum absolute atomic E-state index is 0.106. The highest BCUT2D eigenvalue weighted by Gasteiger charge is 2.32. The van der Waals surface area contributed by atoms with Gasteiger partial charge in [0.1, 0.15) is 30.5 Å². The van der Waals surface area contributed by atoms with Crippen LogP contribution in [0.1, 0.15) is 53.4 Å². The number of aliphatic hydroxyl groups excluding tert-OH is 9. The number of nitrogens with one attached hydrogen (secondary N) is 2. The normalized spacial score (nSPS) is 19.8. The molecular formula is C23H46N2O11. The lowest BCUT2D eigenvalue weighted by Crippen LogP contribution is -2.50. The average molecular weight is 527 g/mol. The summed E-state index contributed by atoms with van der Waals surface area (Å²) in [5.74, 6) is -1.69. The van der Waals surface area contributed by atoms with Gasteiger partial charge in [0.2, 0.25) is 11.8 Å². The van der Waals surface area contributed by atoms with Crippen LogP contribution in [0.3, 0.4) is 0 Å². The first-order valence-corrected chi connectivity index (χ1v) is 12.1. The van der Waals surface area contributed by atoms with Gasteiger partial charge in [-0.2, -0.15) is 0 Å². The van der Waals surface area contributed by atoms with Crippen molar-refractivity contribution in [2.75, 3.05) is 19.7 Å². The number of carbonyl (C=O) groups excluding carboxylic acids is 2. The Morgan fingerprint density at radius 1 is 0.722 bits per heavy atom. The third kappa shape index (κ3) is 12.7. The molecule has 13 nitrogen and oxygen atoms in total. The SMILES string of the molecule is CCC(O)C(O)C(O)C(O)CNC(=O)CCC(CC(C)(C)C)C(=O)NCC(O)C(O)C(O)C(O)CO. The Morgan fingerprint density at radius 3 is 1.61 bits per heavy atom. The van der Waals surface area contributed by atoms with Crippen molar-refractivity contribution in [3.8, 4) is 0 Å². The molecule has 0 aromatic heterocycles. The second-order valence-corrected chi connectivity index (χ2v) is 10.4. The van der Waals surface area contributed by atoms with Crippen LogP contribution in [0, 0.1) is 11.3 Å². The number of hydrogen-bond acceptors (Lipinski definition) is 11. The summed E-state index contributed by atoms with van der Waals surface area (Å²) in [7, 11) is 0. The molecule has 36 heavy (non-hydrogen) atoms. The molecule has 0 bridgehead atoms. The number of aliphatic hydroxyl groups is 9. The fraction of sp³-hybridized carbons (Fsp3) is 0.913. The predicted molar refractivity (Wildman–Crippen MR) is 128 cm³/mol. The largest absolute Gasteiger partial charge is 0.394 e. The molecule has 2 amide bonds. The maximum atomic E-state index is 12.7. The highest BCUT2D eigenvalue weighted by Crippen LogP contribution is 2.27. The standard InChI is InChI=1S/C23H46N2O11/c1-5-13(27)18(32)19(33)14(28)9-24-17(31)7-6-12(8-23(2,3)4)22(36)25-10-15(29)20(34)21(35)16(30)11-26/h12-16,18-21,26-30,32-35H,5-11H2,1-4H3,(H,24,31)(H,25,36). The van der Waals surface area contributed by atoms with Crippen molar-refractivity contribution in [2.24, 2.45) is 11.3 Å². The highest BCUT2D eigenvalue weighted by molar-refractivity contribution is 5.80. The van der Waals surface area contributed by atoms with Crippen molar-refractivity contribution in [1.82, 2.24) is 10.6 Å². The van der Waals surface area contributed by atoms with E-state index in [1.807, 2.05) is 20.8 Å². The lowest BCUT2D eigenvalue weighted by Gasteiger charge is -2.28. The van der Waals surface area contributed by atoms with Crippen LogP contribution in [0.15, 0.2) is 0 Å². The lowest BCUT2D eigenvalue weighted by atomic mass is 9.82. The number of rotatable bonds is 17. The number of carbonyl (C=O) groups is 2. The molecule has 0 saturated carbocycles. The van der Waals surface area contributed by atoms with Crippen LogP contribution in [0.5, 0.6) is 0 Å². The lowest BCUT2D eigenvalue weighted by molar-refractivity contribution is -0.130. The molecule has 0 spiro atoms. The van der Waals surface area contributed by atoms with E-state index in [-0.39, 0.29) is 31.2 Å². The summed E-state index contributed by atoms with van der Waals surface area (Å²) in [4.78, 5) is 25.0. The Morgan fingerprint density at radius 2 is 1.17 bits per heavy atom. The monoisotopic (exact) mass is 526 g/mol. The molecule has 11 N–H and O–H groups in total. The van der Waals surface area contributed by atoms with Crippen molar-refractivity contribution >= 4 is 11.8 Å². The van der Waals surface area contributed by atoms with Gasteiger partial charge in [0, 0.05) is 25.4 Å². The summed E-state index contributed by atoms with van der Waals surface area (Å²) in [6, 6.07) is 0. The minimum Gasteiger partial charge on any atom is -0.394 e. The zero-order chi connectivity index (χ0) is 28.2.